The van der Waals surface area contributed by atoms with Crippen molar-refractivity contribution in [3.63, 3.8) is 0 Å². The lowest BCUT2D eigenvalue weighted by molar-refractivity contribution is -0.384. The molecule has 0 bridgehead atoms. The minimum atomic E-state index is -0.366. The molecule has 1 aliphatic carbocycles. The van der Waals surface area contributed by atoms with E-state index in [9.17, 15) is 10.1 Å². The van der Waals surface area contributed by atoms with Crippen LogP contribution < -0.4 is 0 Å². The van der Waals surface area contributed by atoms with Crippen LogP contribution in [0.25, 0.3) is 0 Å². The highest BCUT2D eigenvalue weighted by Crippen LogP contribution is 2.35. The summed E-state index contributed by atoms with van der Waals surface area (Å²) in [5.74, 6) is 0.469. The Morgan fingerprint density at radius 2 is 1.94 bits per heavy atom. The molecule has 3 nitrogen and oxygen atoms in total. The van der Waals surface area contributed by atoms with Crippen LogP contribution in [0, 0.1) is 10.1 Å². The number of nitrogens with zero attached hydrogens (tertiary/aromatic N) is 1. The number of alkyl halides is 1. The van der Waals surface area contributed by atoms with Gasteiger partial charge in [-0.2, -0.15) is 0 Å². The third kappa shape index (κ3) is 2.53. The second-order valence-corrected chi connectivity index (χ2v) is 4.93. The summed E-state index contributed by atoms with van der Waals surface area (Å²) >= 11 is 6.13. The molecule has 2 atom stereocenters. The van der Waals surface area contributed by atoms with Crippen LogP contribution in [0.5, 0.6) is 0 Å². The van der Waals surface area contributed by atoms with Crippen LogP contribution >= 0.6 is 11.6 Å². The van der Waals surface area contributed by atoms with E-state index in [1.165, 1.54) is 5.56 Å². The van der Waals surface area contributed by atoms with Crippen LogP contribution in [0.3, 0.4) is 0 Å². The molecule has 0 heterocycles. The second kappa shape index (κ2) is 4.83. The van der Waals surface area contributed by atoms with Crippen LogP contribution in [0.2, 0.25) is 0 Å². The van der Waals surface area contributed by atoms with E-state index in [0.29, 0.717) is 5.92 Å². The lowest BCUT2D eigenvalue weighted by Crippen LogP contribution is -2.13. The van der Waals surface area contributed by atoms with E-state index < -0.39 is 0 Å². The van der Waals surface area contributed by atoms with Gasteiger partial charge in [0.1, 0.15) is 0 Å². The van der Waals surface area contributed by atoms with Gasteiger partial charge in [-0.15, -0.1) is 11.6 Å². The standard InChI is InChI=1S/C12H14ClNO2/c13-11-3-1-2-10(8-11)9-4-6-12(7-5-9)14(15)16/h4-7,10-11H,1-3,8H2. The van der Waals surface area contributed by atoms with Crippen LogP contribution in [0.15, 0.2) is 24.3 Å². The van der Waals surface area contributed by atoms with Gasteiger partial charge in [0.05, 0.1) is 4.92 Å². The van der Waals surface area contributed by atoms with Gasteiger partial charge in [-0.1, -0.05) is 18.6 Å². The van der Waals surface area contributed by atoms with Crippen LogP contribution in [0.1, 0.15) is 37.2 Å². The molecule has 1 aromatic rings. The molecule has 0 radical (unpaired) electrons. The van der Waals surface area contributed by atoms with Crippen molar-refractivity contribution in [2.75, 3.05) is 0 Å². The zero-order valence-electron chi connectivity index (χ0n) is 8.93. The summed E-state index contributed by atoms with van der Waals surface area (Å²) in [6.07, 6.45) is 4.36. The third-order valence-corrected chi connectivity index (χ3v) is 3.58. The number of non-ortho nitro benzene ring substituents is 1. The number of hydrogen-bond donors (Lipinski definition) is 0. The third-order valence-electron chi connectivity index (χ3n) is 3.19. The van der Waals surface area contributed by atoms with Gasteiger partial charge < -0.3 is 0 Å². The normalized spacial score (nSPS) is 25.3. The molecule has 0 saturated heterocycles. The molecule has 2 rings (SSSR count). The highest BCUT2D eigenvalue weighted by Gasteiger charge is 2.21. The molecule has 4 heteroatoms. The quantitative estimate of drug-likeness (QED) is 0.447. The molecule has 0 aliphatic heterocycles. The van der Waals surface area contributed by atoms with Crippen molar-refractivity contribution in [1.82, 2.24) is 0 Å². The first-order chi connectivity index (χ1) is 7.66. The Bertz CT molecular complexity index is 377. The predicted octanol–water partition coefficient (Wildman–Crippen LogP) is 3.86. The number of hydrogen-bond acceptors (Lipinski definition) is 2. The first-order valence-corrected chi connectivity index (χ1v) is 5.99. The summed E-state index contributed by atoms with van der Waals surface area (Å²) in [4.78, 5) is 10.2. The van der Waals surface area contributed by atoms with E-state index in [0.717, 1.165) is 25.7 Å². The zero-order chi connectivity index (χ0) is 11.5. The van der Waals surface area contributed by atoms with Crippen molar-refractivity contribution >= 4 is 17.3 Å². The number of nitro benzene ring substituents is 1. The second-order valence-electron chi connectivity index (χ2n) is 4.31. The van der Waals surface area contributed by atoms with E-state index >= 15 is 0 Å². The van der Waals surface area contributed by atoms with Gasteiger partial charge in [-0.25, -0.2) is 0 Å². The van der Waals surface area contributed by atoms with Gasteiger partial charge in [0.25, 0.3) is 5.69 Å². The molecule has 16 heavy (non-hydrogen) atoms. The molecule has 1 aliphatic rings. The van der Waals surface area contributed by atoms with E-state index in [-0.39, 0.29) is 16.0 Å². The summed E-state index contributed by atoms with van der Waals surface area (Å²) in [7, 11) is 0. The maximum atomic E-state index is 10.5. The van der Waals surface area contributed by atoms with E-state index in [1.807, 2.05) is 12.1 Å². The van der Waals surface area contributed by atoms with Gasteiger partial charge in [0, 0.05) is 17.5 Å². The predicted molar refractivity (Wildman–Crippen MR) is 63.9 cm³/mol. The van der Waals surface area contributed by atoms with Crippen molar-refractivity contribution in [2.45, 2.75) is 37.0 Å². The molecule has 2 unspecified atom stereocenters. The minimum Gasteiger partial charge on any atom is -0.258 e. The highest BCUT2D eigenvalue weighted by atomic mass is 35.5. The molecule has 1 aromatic carbocycles. The van der Waals surface area contributed by atoms with Crippen LogP contribution in [-0.2, 0) is 0 Å². The number of benzene rings is 1. The Kier molecular flexibility index (Phi) is 3.44. The average Bonchev–Trinajstić information content (AvgIpc) is 2.29. The fraction of sp³-hybridized carbons (Fsp3) is 0.500. The average molecular weight is 240 g/mol. The van der Waals surface area contributed by atoms with Crippen LogP contribution in [-0.4, -0.2) is 10.3 Å². The minimum absolute atomic E-state index is 0.155. The monoisotopic (exact) mass is 239 g/mol. The first kappa shape index (κ1) is 11.4. The summed E-state index contributed by atoms with van der Waals surface area (Å²) in [6, 6.07) is 6.87. The van der Waals surface area contributed by atoms with Gasteiger partial charge in [-0.3, -0.25) is 10.1 Å². The molecule has 0 spiro atoms. The summed E-state index contributed by atoms with van der Waals surface area (Å²) < 4.78 is 0. The maximum absolute atomic E-state index is 10.5. The van der Waals surface area contributed by atoms with Crippen molar-refractivity contribution < 1.29 is 4.92 Å². The van der Waals surface area contributed by atoms with Gasteiger partial charge >= 0.3 is 0 Å². The van der Waals surface area contributed by atoms with Crippen molar-refractivity contribution in [3.05, 3.63) is 39.9 Å². The Morgan fingerprint density at radius 1 is 1.25 bits per heavy atom. The Hall–Kier alpha value is -1.09. The first-order valence-electron chi connectivity index (χ1n) is 5.55. The number of nitro groups is 1. The molecule has 0 amide bonds. The summed E-state index contributed by atoms with van der Waals surface area (Å²) in [5.41, 5.74) is 1.33. The molecule has 1 saturated carbocycles. The van der Waals surface area contributed by atoms with E-state index in [2.05, 4.69) is 0 Å². The van der Waals surface area contributed by atoms with Crippen molar-refractivity contribution in [3.8, 4) is 0 Å². The fourth-order valence-corrected chi connectivity index (χ4v) is 2.67. The van der Waals surface area contributed by atoms with Gasteiger partial charge in [-0.05, 0) is 30.7 Å². The SMILES string of the molecule is O=[N+]([O-])c1ccc(C2CCCC(Cl)C2)cc1. The Balaban J connectivity index is 2.11. The topological polar surface area (TPSA) is 43.1 Å². The van der Waals surface area contributed by atoms with Gasteiger partial charge in [0.15, 0.2) is 0 Å². The van der Waals surface area contributed by atoms with Crippen molar-refractivity contribution in [1.29, 1.82) is 0 Å². The van der Waals surface area contributed by atoms with E-state index in [1.54, 1.807) is 12.1 Å². The summed E-state index contributed by atoms with van der Waals surface area (Å²) in [6.45, 7) is 0. The lowest BCUT2D eigenvalue weighted by atomic mass is 9.84. The summed E-state index contributed by atoms with van der Waals surface area (Å²) in [5, 5.41) is 10.8. The molecule has 0 N–H and O–H groups in total. The molecule has 0 aromatic heterocycles. The highest BCUT2D eigenvalue weighted by molar-refractivity contribution is 6.20. The molecule has 86 valence electrons. The smallest absolute Gasteiger partial charge is 0.258 e. The number of halogens is 1. The molecular formula is C12H14ClNO2. The van der Waals surface area contributed by atoms with E-state index in [4.69, 9.17) is 11.6 Å². The maximum Gasteiger partial charge on any atom is 0.269 e. The lowest BCUT2D eigenvalue weighted by Gasteiger charge is -2.25. The van der Waals surface area contributed by atoms with Gasteiger partial charge in [0.2, 0.25) is 0 Å². The largest absolute Gasteiger partial charge is 0.269 e. The van der Waals surface area contributed by atoms with Crippen molar-refractivity contribution in [2.24, 2.45) is 0 Å². The fourth-order valence-electron chi connectivity index (χ4n) is 2.30. The molecular weight excluding hydrogens is 226 g/mol. The Morgan fingerprint density at radius 3 is 2.50 bits per heavy atom. The van der Waals surface area contributed by atoms with Crippen LogP contribution in [0.4, 0.5) is 5.69 Å². The molecule has 1 fully saturated rings. The zero-order valence-corrected chi connectivity index (χ0v) is 9.69. The Labute approximate surface area is 99.6 Å². The number of rotatable bonds is 2.